The number of amides is 2. The van der Waals surface area contributed by atoms with E-state index in [2.05, 4.69) is 15.7 Å². The van der Waals surface area contributed by atoms with Gasteiger partial charge in [-0.25, -0.2) is 4.79 Å². The highest BCUT2D eigenvalue weighted by molar-refractivity contribution is 5.89. The molecule has 1 fully saturated rings. The fourth-order valence-electron chi connectivity index (χ4n) is 3.39. The summed E-state index contributed by atoms with van der Waals surface area (Å²) in [5, 5.41) is 19.6. The van der Waals surface area contributed by atoms with Crippen LogP contribution in [0.4, 0.5) is 10.5 Å². The van der Waals surface area contributed by atoms with Crippen molar-refractivity contribution < 1.29 is 9.90 Å². The standard InChI is InChI=1S/C19H26N4O2/c1-14-10-20-23(11-14)12-15-6-8-17(9-7-15)21-19(25)22-18-5-3-2-4-16(18)13-24/h6-11,16,18,24H,2-5,12-13H2,1H3,(H2,21,22,25)/t16-,18+/m0/s1. The number of aliphatic hydroxyl groups is 1. The lowest BCUT2D eigenvalue weighted by Crippen LogP contribution is -2.45. The molecule has 1 aliphatic carbocycles. The summed E-state index contributed by atoms with van der Waals surface area (Å²) in [5.41, 5.74) is 3.02. The summed E-state index contributed by atoms with van der Waals surface area (Å²) in [5.74, 6) is 0.166. The van der Waals surface area contributed by atoms with Crippen molar-refractivity contribution in [1.82, 2.24) is 15.1 Å². The normalized spacial score (nSPS) is 20.2. The lowest BCUT2D eigenvalue weighted by molar-refractivity contribution is 0.156. The zero-order valence-electron chi connectivity index (χ0n) is 14.6. The first-order chi connectivity index (χ1) is 12.1. The molecule has 0 radical (unpaired) electrons. The number of nitrogens with one attached hydrogen (secondary N) is 2. The van der Waals surface area contributed by atoms with Crippen molar-refractivity contribution >= 4 is 11.7 Å². The highest BCUT2D eigenvalue weighted by Crippen LogP contribution is 2.24. The maximum atomic E-state index is 12.2. The van der Waals surface area contributed by atoms with Gasteiger partial charge in [0.1, 0.15) is 0 Å². The summed E-state index contributed by atoms with van der Waals surface area (Å²) >= 11 is 0. The molecule has 2 amide bonds. The first-order valence-electron chi connectivity index (χ1n) is 8.90. The van der Waals surface area contributed by atoms with E-state index in [0.717, 1.165) is 42.5 Å². The van der Waals surface area contributed by atoms with Gasteiger partial charge < -0.3 is 15.7 Å². The van der Waals surface area contributed by atoms with Gasteiger partial charge in [-0.1, -0.05) is 25.0 Å². The number of aryl methyl sites for hydroxylation is 1. The van der Waals surface area contributed by atoms with Crippen LogP contribution in [0.1, 0.15) is 36.8 Å². The lowest BCUT2D eigenvalue weighted by Gasteiger charge is -2.30. The number of benzene rings is 1. The van der Waals surface area contributed by atoms with E-state index < -0.39 is 0 Å². The summed E-state index contributed by atoms with van der Waals surface area (Å²) in [7, 11) is 0. The van der Waals surface area contributed by atoms with Crippen molar-refractivity contribution in [1.29, 1.82) is 0 Å². The van der Waals surface area contributed by atoms with E-state index in [9.17, 15) is 9.90 Å². The van der Waals surface area contributed by atoms with Gasteiger partial charge in [0.15, 0.2) is 0 Å². The molecule has 0 bridgehead atoms. The molecule has 3 N–H and O–H groups in total. The molecule has 3 rings (SSSR count). The summed E-state index contributed by atoms with van der Waals surface area (Å²) in [6.07, 6.45) is 7.97. The van der Waals surface area contributed by atoms with Gasteiger partial charge in [-0.05, 0) is 43.0 Å². The molecular formula is C19H26N4O2. The van der Waals surface area contributed by atoms with E-state index in [4.69, 9.17) is 0 Å². The van der Waals surface area contributed by atoms with Crippen molar-refractivity contribution in [2.24, 2.45) is 5.92 Å². The number of hydrogen-bond acceptors (Lipinski definition) is 3. The van der Waals surface area contributed by atoms with E-state index in [-0.39, 0.29) is 24.6 Å². The predicted octanol–water partition coefficient (Wildman–Crippen LogP) is 2.91. The van der Waals surface area contributed by atoms with Crippen molar-refractivity contribution in [3.8, 4) is 0 Å². The van der Waals surface area contributed by atoms with E-state index in [1.54, 1.807) is 0 Å². The molecule has 6 nitrogen and oxygen atoms in total. The van der Waals surface area contributed by atoms with Gasteiger partial charge >= 0.3 is 6.03 Å². The molecule has 0 aliphatic heterocycles. The Bertz CT molecular complexity index is 696. The lowest BCUT2D eigenvalue weighted by atomic mass is 9.85. The van der Waals surface area contributed by atoms with Gasteiger partial charge in [0.25, 0.3) is 0 Å². The van der Waals surface area contributed by atoms with Crippen LogP contribution in [0.2, 0.25) is 0 Å². The quantitative estimate of drug-likeness (QED) is 0.782. The fraction of sp³-hybridized carbons (Fsp3) is 0.474. The zero-order chi connectivity index (χ0) is 17.6. The smallest absolute Gasteiger partial charge is 0.319 e. The van der Waals surface area contributed by atoms with Crippen LogP contribution in [-0.4, -0.2) is 33.6 Å². The Labute approximate surface area is 148 Å². The Balaban J connectivity index is 1.53. The van der Waals surface area contributed by atoms with E-state index in [1.807, 2.05) is 48.3 Å². The molecule has 2 atom stereocenters. The molecule has 1 saturated carbocycles. The first-order valence-corrected chi connectivity index (χ1v) is 8.90. The molecule has 1 aliphatic rings. The number of urea groups is 1. The molecule has 1 heterocycles. The number of hydrogen-bond donors (Lipinski definition) is 3. The van der Waals surface area contributed by atoms with E-state index in [1.165, 1.54) is 0 Å². The molecule has 2 aromatic rings. The van der Waals surface area contributed by atoms with Gasteiger partial charge in [-0.3, -0.25) is 4.68 Å². The molecular weight excluding hydrogens is 316 g/mol. The monoisotopic (exact) mass is 342 g/mol. The van der Waals surface area contributed by atoms with Gasteiger partial charge in [0.05, 0.1) is 12.7 Å². The van der Waals surface area contributed by atoms with Crippen molar-refractivity contribution in [2.75, 3.05) is 11.9 Å². The number of carbonyl (C=O) groups is 1. The minimum absolute atomic E-state index is 0.0566. The largest absolute Gasteiger partial charge is 0.396 e. The number of aliphatic hydroxyl groups excluding tert-OH is 1. The van der Waals surface area contributed by atoms with Crippen LogP contribution in [0.25, 0.3) is 0 Å². The molecule has 0 saturated heterocycles. The Morgan fingerprint density at radius 1 is 1.28 bits per heavy atom. The van der Waals surface area contributed by atoms with Crippen LogP contribution in [0.5, 0.6) is 0 Å². The Kier molecular flexibility index (Phi) is 5.71. The predicted molar refractivity (Wildman–Crippen MR) is 97.5 cm³/mol. The number of nitrogens with zero attached hydrogens (tertiary/aromatic N) is 2. The zero-order valence-corrected chi connectivity index (χ0v) is 14.6. The SMILES string of the molecule is Cc1cnn(Cc2ccc(NC(=O)N[C@@H]3CCCC[C@H]3CO)cc2)c1. The second-order valence-electron chi connectivity index (χ2n) is 6.84. The molecule has 6 heteroatoms. The van der Waals surface area contributed by atoms with Crippen molar-refractivity contribution in [3.05, 3.63) is 47.8 Å². The van der Waals surface area contributed by atoms with Crippen LogP contribution in [0.15, 0.2) is 36.7 Å². The number of carbonyl (C=O) groups excluding carboxylic acids is 1. The second-order valence-corrected chi connectivity index (χ2v) is 6.84. The maximum absolute atomic E-state index is 12.2. The summed E-state index contributed by atoms with van der Waals surface area (Å²) < 4.78 is 1.89. The Hall–Kier alpha value is -2.34. The van der Waals surface area contributed by atoms with Gasteiger partial charge in [-0.15, -0.1) is 0 Å². The Morgan fingerprint density at radius 3 is 2.72 bits per heavy atom. The number of aromatic nitrogens is 2. The summed E-state index contributed by atoms with van der Waals surface area (Å²) in [6.45, 7) is 2.86. The minimum atomic E-state index is -0.208. The third-order valence-electron chi connectivity index (χ3n) is 4.78. The van der Waals surface area contributed by atoms with Crippen molar-refractivity contribution in [2.45, 2.75) is 45.2 Å². The molecule has 0 spiro atoms. The van der Waals surface area contributed by atoms with Crippen LogP contribution in [-0.2, 0) is 6.54 Å². The molecule has 1 aromatic carbocycles. The average molecular weight is 342 g/mol. The number of rotatable bonds is 5. The fourth-order valence-corrected chi connectivity index (χ4v) is 3.39. The van der Waals surface area contributed by atoms with Crippen LogP contribution >= 0.6 is 0 Å². The van der Waals surface area contributed by atoms with E-state index in [0.29, 0.717) is 6.54 Å². The first kappa shape index (κ1) is 17.5. The third-order valence-corrected chi connectivity index (χ3v) is 4.78. The average Bonchev–Trinajstić information content (AvgIpc) is 3.02. The van der Waals surface area contributed by atoms with E-state index >= 15 is 0 Å². The van der Waals surface area contributed by atoms with Crippen LogP contribution in [0.3, 0.4) is 0 Å². The highest BCUT2D eigenvalue weighted by atomic mass is 16.3. The Morgan fingerprint density at radius 2 is 2.04 bits per heavy atom. The minimum Gasteiger partial charge on any atom is -0.396 e. The van der Waals surface area contributed by atoms with Crippen LogP contribution < -0.4 is 10.6 Å². The molecule has 25 heavy (non-hydrogen) atoms. The van der Waals surface area contributed by atoms with Gasteiger partial charge in [0, 0.05) is 30.5 Å². The number of anilines is 1. The van der Waals surface area contributed by atoms with Crippen LogP contribution in [0, 0.1) is 12.8 Å². The topological polar surface area (TPSA) is 79.2 Å². The van der Waals surface area contributed by atoms with Crippen molar-refractivity contribution in [3.63, 3.8) is 0 Å². The summed E-state index contributed by atoms with van der Waals surface area (Å²) in [6, 6.07) is 7.63. The maximum Gasteiger partial charge on any atom is 0.319 e. The molecule has 134 valence electrons. The summed E-state index contributed by atoms with van der Waals surface area (Å²) in [4.78, 5) is 12.2. The highest BCUT2D eigenvalue weighted by Gasteiger charge is 2.25. The molecule has 1 aromatic heterocycles. The van der Waals surface area contributed by atoms with Gasteiger partial charge in [-0.2, -0.15) is 5.10 Å². The second kappa shape index (κ2) is 8.16. The molecule has 0 unspecified atom stereocenters. The third kappa shape index (κ3) is 4.82. The van der Waals surface area contributed by atoms with Gasteiger partial charge in [0.2, 0.25) is 0 Å².